The van der Waals surface area contributed by atoms with E-state index in [9.17, 15) is 0 Å². The van der Waals surface area contributed by atoms with Crippen molar-refractivity contribution >= 4 is 0 Å². The van der Waals surface area contributed by atoms with Gasteiger partial charge in [-0.25, -0.2) is 0 Å². The largest absolute Gasteiger partial charge is 0.310 e. The van der Waals surface area contributed by atoms with Gasteiger partial charge in [-0.15, -0.1) is 0 Å². The highest BCUT2D eigenvalue weighted by molar-refractivity contribution is 5.40. The molecule has 1 saturated heterocycles. The van der Waals surface area contributed by atoms with Crippen LogP contribution in [-0.2, 0) is 6.42 Å². The normalized spacial score (nSPS) is 28.1. The zero-order valence-corrected chi connectivity index (χ0v) is 13.9. The van der Waals surface area contributed by atoms with Crippen molar-refractivity contribution in [3.05, 3.63) is 34.9 Å². The Morgan fingerprint density at radius 2 is 2.09 bits per heavy atom. The summed E-state index contributed by atoms with van der Waals surface area (Å²) in [6.07, 6.45) is 9.11. The molecule has 1 aliphatic heterocycles. The van der Waals surface area contributed by atoms with Crippen LogP contribution in [-0.4, -0.2) is 30.6 Å². The first-order chi connectivity index (χ1) is 11.3. The molecule has 4 rings (SSSR count). The predicted molar refractivity (Wildman–Crippen MR) is 92.2 cm³/mol. The highest BCUT2D eigenvalue weighted by Gasteiger charge is 2.34. The summed E-state index contributed by atoms with van der Waals surface area (Å²) in [7, 11) is 0. The summed E-state index contributed by atoms with van der Waals surface area (Å²) in [6, 6.07) is 9.98. The van der Waals surface area contributed by atoms with Gasteiger partial charge in [0, 0.05) is 18.6 Å². The Morgan fingerprint density at radius 1 is 1.17 bits per heavy atom. The summed E-state index contributed by atoms with van der Waals surface area (Å²) < 4.78 is 0. The molecule has 23 heavy (non-hydrogen) atoms. The quantitative estimate of drug-likeness (QED) is 0.866. The molecule has 0 bridgehead atoms. The van der Waals surface area contributed by atoms with Gasteiger partial charge in [0.05, 0.1) is 11.6 Å². The van der Waals surface area contributed by atoms with E-state index in [0.29, 0.717) is 6.04 Å². The lowest BCUT2D eigenvalue weighted by Crippen LogP contribution is -2.30. The van der Waals surface area contributed by atoms with Gasteiger partial charge in [0.1, 0.15) is 0 Å². The van der Waals surface area contributed by atoms with E-state index < -0.39 is 0 Å². The lowest BCUT2D eigenvalue weighted by molar-refractivity contribution is 0.308. The Bertz CT molecular complexity index is 599. The molecule has 3 nitrogen and oxygen atoms in total. The molecule has 0 aromatic heterocycles. The van der Waals surface area contributed by atoms with Crippen LogP contribution in [0.25, 0.3) is 0 Å². The zero-order chi connectivity index (χ0) is 15.6. The molecular formula is C20H27N3. The molecular weight excluding hydrogens is 282 g/mol. The third-order valence-corrected chi connectivity index (χ3v) is 5.87. The number of hydrogen-bond acceptors (Lipinski definition) is 3. The van der Waals surface area contributed by atoms with Crippen molar-refractivity contribution in [1.82, 2.24) is 10.2 Å². The summed E-state index contributed by atoms with van der Waals surface area (Å²) in [5, 5.41) is 13.0. The summed E-state index contributed by atoms with van der Waals surface area (Å²) in [5.74, 6) is 0.820. The second kappa shape index (κ2) is 6.63. The fourth-order valence-corrected chi connectivity index (χ4v) is 4.37. The van der Waals surface area contributed by atoms with Gasteiger partial charge < -0.3 is 10.2 Å². The van der Waals surface area contributed by atoms with Crippen LogP contribution in [0, 0.1) is 17.2 Å². The molecule has 0 radical (unpaired) electrons. The molecule has 1 N–H and O–H groups in total. The molecule has 122 valence electrons. The molecule has 3 heteroatoms. The van der Waals surface area contributed by atoms with Crippen LogP contribution in [0.5, 0.6) is 0 Å². The van der Waals surface area contributed by atoms with E-state index in [1.54, 1.807) is 0 Å². The second-order valence-electron chi connectivity index (χ2n) is 7.61. The molecule has 2 aliphatic carbocycles. The van der Waals surface area contributed by atoms with E-state index in [1.165, 1.54) is 62.7 Å². The Labute approximate surface area is 139 Å². The molecule has 2 fully saturated rings. The van der Waals surface area contributed by atoms with E-state index in [1.807, 2.05) is 6.07 Å². The van der Waals surface area contributed by atoms with Crippen molar-refractivity contribution in [2.75, 3.05) is 19.6 Å². The van der Waals surface area contributed by atoms with Gasteiger partial charge >= 0.3 is 0 Å². The molecule has 2 atom stereocenters. The molecule has 1 aromatic rings. The van der Waals surface area contributed by atoms with Crippen LogP contribution in [0.2, 0.25) is 0 Å². The molecule has 1 saturated carbocycles. The first-order valence-corrected chi connectivity index (χ1v) is 9.34. The SMILES string of the molecule is N#Cc1ccc2c(c1)CCCCC2NCC1CCN(C2CC2)C1. The number of nitrogens with one attached hydrogen (secondary N) is 1. The standard InChI is InChI=1S/C20H27N3/c21-12-15-5-8-19-17(11-15)3-1-2-4-20(19)22-13-16-9-10-23(14-16)18-6-7-18/h5,8,11,16,18,20,22H,1-4,6-7,9-10,13-14H2. The minimum Gasteiger partial charge on any atom is -0.310 e. The van der Waals surface area contributed by atoms with Gasteiger partial charge in [-0.2, -0.15) is 5.26 Å². The Morgan fingerprint density at radius 3 is 2.91 bits per heavy atom. The Hall–Kier alpha value is -1.37. The van der Waals surface area contributed by atoms with Gasteiger partial charge in [-0.05, 0) is 80.8 Å². The zero-order valence-electron chi connectivity index (χ0n) is 13.9. The minimum atomic E-state index is 0.482. The number of fused-ring (bicyclic) bond motifs is 1. The van der Waals surface area contributed by atoms with Gasteiger partial charge in [-0.3, -0.25) is 0 Å². The number of rotatable bonds is 4. The van der Waals surface area contributed by atoms with Gasteiger partial charge in [0.15, 0.2) is 0 Å². The van der Waals surface area contributed by atoms with E-state index >= 15 is 0 Å². The van der Waals surface area contributed by atoms with Gasteiger partial charge in [-0.1, -0.05) is 12.5 Å². The molecule has 1 aromatic carbocycles. The average molecular weight is 309 g/mol. The number of benzene rings is 1. The molecule has 1 heterocycles. The lowest BCUT2D eigenvalue weighted by atomic mass is 9.96. The molecule has 0 amide bonds. The first-order valence-electron chi connectivity index (χ1n) is 9.34. The van der Waals surface area contributed by atoms with Crippen molar-refractivity contribution in [1.29, 1.82) is 5.26 Å². The topological polar surface area (TPSA) is 39.1 Å². The highest BCUT2D eigenvalue weighted by atomic mass is 15.2. The van der Waals surface area contributed by atoms with Crippen LogP contribution in [0.1, 0.15) is 61.3 Å². The van der Waals surface area contributed by atoms with Crippen LogP contribution in [0.4, 0.5) is 0 Å². The van der Waals surface area contributed by atoms with Crippen molar-refractivity contribution in [2.24, 2.45) is 5.92 Å². The second-order valence-corrected chi connectivity index (χ2v) is 7.61. The number of nitrogens with zero attached hydrogens (tertiary/aromatic N) is 2. The summed E-state index contributed by atoms with van der Waals surface area (Å²) in [6.45, 7) is 3.75. The van der Waals surface area contributed by atoms with Crippen molar-refractivity contribution < 1.29 is 0 Å². The molecule has 3 aliphatic rings. The number of aryl methyl sites for hydroxylation is 1. The van der Waals surface area contributed by atoms with E-state index in [0.717, 1.165) is 30.5 Å². The number of nitriles is 1. The first kappa shape index (κ1) is 15.2. The molecule has 2 unspecified atom stereocenters. The van der Waals surface area contributed by atoms with Crippen molar-refractivity contribution in [3.8, 4) is 6.07 Å². The third-order valence-electron chi connectivity index (χ3n) is 5.87. The number of likely N-dealkylation sites (tertiary alicyclic amines) is 1. The fraction of sp³-hybridized carbons (Fsp3) is 0.650. The Balaban J connectivity index is 1.40. The van der Waals surface area contributed by atoms with Crippen LogP contribution >= 0.6 is 0 Å². The lowest BCUT2D eigenvalue weighted by Gasteiger charge is -2.22. The average Bonchev–Trinajstić information content (AvgIpc) is 3.36. The monoisotopic (exact) mass is 309 g/mol. The van der Waals surface area contributed by atoms with Gasteiger partial charge in [0.2, 0.25) is 0 Å². The number of hydrogen-bond donors (Lipinski definition) is 1. The minimum absolute atomic E-state index is 0.482. The van der Waals surface area contributed by atoms with Gasteiger partial charge in [0.25, 0.3) is 0 Å². The summed E-state index contributed by atoms with van der Waals surface area (Å²) in [4.78, 5) is 2.70. The fourth-order valence-electron chi connectivity index (χ4n) is 4.37. The van der Waals surface area contributed by atoms with Crippen molar-refractivity contribution in [3.63, 3.8) is 0 Å². The highest BCUT2D eigenvalue weighted by Crippen LogP contribution is 2.33. The van der Waals surface area contributed by atoms with Crippen LogP contribution < -0.4 is 5.32 Å². The van der Waals surface area contributed by atoms with Crippen LogP contribution in [0.15, 0.2) is 18.2 Å². The van der Waals surface area contributed by atoms with Crippen molar-refractivity contribution in [2.45, 2.75) is 57.0 Å². The van der Waals surface area contributed by atoms with Crippen LogP contribution in [0.3, 0.4) is 0 Å². The Kier molecular flexibility index (Phi) is 4.37. The predicted octanol–water partition coefficient (Wildman–Crippen LogP) is 3.40. The maximum Gasteiger partial charge on any atom is 0.0991 e. The maximum absolute atomic E-state index is 9.13. The maximum atomic E-state index is 9.13. The summed E-state index contributed by atoms with van der Waals surface area (Å²) >= 11 is 0. The van der Waals surface area contributed by atoms with E-state index in [-0.39, 0.29) is 0 Å². The van der Waals surface area contributed by atoms with E-state index in [4.69, 9.17) is 5.26 Å². The molecule has 0 spiro atoms. The van der Waals surface area contributed by atoms with E-state index in [2.05, 4.69) is 28.4 Å². The third kappa shape index (κ3) is 3.44. The summed E-state index contributed by atoms with van der Waals surface area (Å²) in [5.41, 5.74) is 3.64. The smallest absolute Gasteiger partial charge is 0.0991 e.